The van der Waals surface area contributed by atoms with Crippen molar-refractivity contribution in [3.8, 4) is 11.1 Å². The Bertz CT molecular complexity index is 611. The number of alkyl halides is 3. The third-order valence-electron chi connectivity index (χ3n) is 3.88. The van der Waals surface area contributed by atoms with Crippen LogP contribution in [-0.2, 0) is 6.18 Å². The van der Waals surface area contributed by atoms with Crippen molar-refractivity contribution in [3.63, 3.8) is 0 Å². The second-order valence-corrected chi connectivity index (χ2v) is 5.28. The highest BCUT2D eigenvalue weighted by atomic mass is 19.4. The van der Waals surface area contributed by atoms with Gasteiger partial charge in [0.2, 0.25) is 0 Å². The number of hydrogen-bond donors (Lipinski definition) is 0. The van der Waals surface area contributed by atoms with Gasteiger partial charge in [0.25, 0.3) is 0 Å². The summed E-state index contributed by atoms with van der Waals surface area (Å²) in [6.45, 7) is 2.05. The Morgan fingerprint density at radius 3 is 2.05 bits per heavy atom. The zero-order valence-electron chi connectivity index (χ0n) is 11.5. The fraction of sp³-hybridized carbons (Fsp3) is 0.294. The molecule has 0 radical (unpaired) electrons. The Labute approximate surface area is 122 Å². The summed E-state index contributed by atoms with van der Waals surface area (Å²) < 4.78 is 39.2. The SMILES string of the molecule is FC(F)(F)c1ccccc1-c1ccc(N2CCCC2)cc1. The molecule has 0 aliphatic carbocycles. The van der Waals surface area contributed by atoms with Gasteiger partial charge in [-0.3, -0.25) is 0 Å². The summed E-state index contributed by atoms with van der Waals surface area (Å²) in [5.41, 5.74) is 1.34. The van der Waals surface area contributed by atoms with Crippen LogP contribution >= 0.6 is 0 Å². The predicted molar refractivity (Wildman–Crippen MR) is 78.3 cm³/mol. The van der Waals surface area contributed by atoms with Gasteiger partial charge < -0.3 is 4.90 Å². The highest BCUT2D eigenvalue weighted by Crippen LogP contribution is 2.37. The summed E-state index contributed by atoms with van der Waals surface area (Å²) in [6, 6.07) is 13.1. The maximum atomic E-state index is 13.1. The summed E-state index contributed by atoms with van der Waals surface area (Å²) in [5, 5.41) is 0. The van der Waals surface area contributed by atoms with Gasteiger partial charge in [0, 0.05) is 18.8 Å². The zero-order valence-corrected chi connectivity index (χ0v) is 11.5. The summed E-state index contributed by atoms with van der Waals surface area (Å²) in [5.74, 6) is 0. The van der Waals surface area contributed by atoms with E-state index in [0.29, 0.717) is 5.56 Å². The van der Waals surface area contributed by atoms with Crippen LogP contribution in [0.5, 0.6) is 0 Å². The predicted octanol–water partition coefficient (Wildman–Crippen LogP) is 4.97. The standard InChI is InChI=1S/C17H16F3N/c18-17(19,20)16-6-2-1-5-15(16)13-7-9-14(10-8-13)21-11-3-4-12-21/h1-2,5-10H,3-4,11-12H2. The van der Waals surface area contributed by atoms with E-state index in [2.05, 4.69) is 4.90 Å². The molecule has 0 saturated carbocycles. The minimum atomic E-state index is -4.33. The van der Waals surface area contributed by atoms with Crippen LogP contribution in [-0.4, -0.2) is 13.1 Å². The number of hydrogen-bond acceptors (Lipinski definition) is 1. The molecule has 21 heavy (non-hydrogen) atoms. The smallest absolute Gasteiger partial charge is 0.372 e. The van der Waals surface area contributed by atoms with Crippen molar-refractivity contribution >= 4 is 5.69 Å². The van der Waals surface area contributed by atoms with Crippen molar-refractivity contribution in [2.24, 2.45) is 0 Å². The molecule has 2 aromatic rings. The lowest BCUT2D eigenvalue weighted by Crippen LogP contribution is -2.17. The van der Waals surface area contributed by atoms with Crippen molar-refractivity contribution in [1.82, 2.24) is 0 Å². The van der Waals surface area contributed by atoms with Crippen LogP contribution in [0.1, 0.15) is 18.4 Å². The van der Waals surface area contributed by atoms with Gasteiger partial charge >= 0.3 is 6.18 Å². The molecule has 0 N–H and O–H groups in total. The average Bonchev–Trinajstić information content (AvgIpc) is 3.01. The summed E-state index contributed by atoms with van der Waals surface area (Å²) in [7, 11) is 0. The second kappa shape index (κ2) is 5.43. The third-order valence-corrected chi connectivity index (χ3v) is 3.88. The fourth-order valence-corrected chi connectivity index (χ4v) is 2.81. The van der Waals surface area contributed by atoms with Crippen LogP contribution < -0.4 is 4.90 Å². The molecule has 0 amide bonds. The van der Waals surface area contributed by atoms with E-state index in [0.717, 1.165) is 24.8 Å². The Hall–Kier alpha value is -1.97. The fourth-order valence-electron chi connectivity index (χ4n) is 2.81. The first-order chi connectivity index (χ1) is 10.1. The van der Waals surface area contributed by atoms with Crippen molar-refractivity contribution in [3.05, 3.63) is 54.1 Å². The van der Waals surface area contributed by atoms with Gasteiger partial charge in [0.15, 0.2) is 0 Å². The normalized spacial score (nSPS) is 15.5. The third kappa shape index (κ3) is 2.89. The van der Waals surface area contributed by atoms with Gasteiger partial charge in [-0.05, 0) is 42.2 Å². The molecule has 4 heteroatoms. The second-order valence-electron chi connectivity index (χ2n) is 5.28. The van der Waals surface area contributed by atoms with Gasteiger partial charge in [-0.25, -0.2) is 0 Å². The highest BCUT2D eigenvalue weighted by Gasteiger charge is 2.33. The van der Waals surface area contributed by atoms with E-state index in [1.54, 1.807) is 18.2 Å². The molecule has 0 aromatic heterocycles. The summed E-state index contributed by atoms with van der Waals surface area (Å²) >= 11 is 0. The zero-order chi connectivity index (χ0) is 14.9. The Kier molecular flexibility index (Phi) is 3.62. The quantitative estimate of drug-likeness (QED) is 0.755. The van der Waals surface area contributed by atoms with E-state index in [1.807, 2.05) is 12.1 Å². The topological polar surface area (TPSA) is 3.24 Å². The van der Waals surface area contributed by atoms with Gasteiger partial charge in [-0.1, -0.05) is 30.3 Å². The molecule has 0 spiro atoms. The number of nitrogens with zero attached hydrogens (tertiary/aromatic N) is 1. The van der Waals surface area contributed by atoms with Gasteiger partial charge in [0.1, 0.15) is 0 Å². The minimum absolute atomic E-state index is 0.234. The number of benzene rings is 2. The van der Waals surface area contributed by atoms with Gasteiger partial charge in [-0.15, -0.1) is 0 Å². The molecule has 2 aromatic carbocycles. The van der Waals surface area contributed by atoms with Crippen molar-refractivity contribution in [1.29, 1.82) is 0 Å². The number of anilines is 1. The molecule has 0 bridgehead atoms. The maximum Gasteiger partial charge on any atom is 0.417 e. The maximum absolute atomic E-state index is 13.1. The van der Waals surface area contributed by atoms with Crippen molar-refractivity contribution < 1.29 is 13.2 Å². The van der Waals surface area contributed by atoms with E-state index in [4.69, 9.17) is 0 Å². The van der Waals surface area contributed by atoms with Crippen LogP contribution in [0.2, 0.25) is 0 Å². The molecular weight excluding hydrogens is 275 g/mol. The number of rotatable bonds is 2. The monoisotopic (exact) mass is 291 g/mol. The van der Waals surface area contributed by atoms with E-state index in [9.17, 15) is 13.2 Å². The Morgan fingerprint density at radius 2 is 1.43 bits per heavy atom. The van der Waals surface area contributed by atoms with Crippen LogP contribution in [0.15, 0.2) is 48.5 Å². The molecule has 1 aliphatic heterocycles. The van der Waals surface area contributed by atoms with Crippen LogP contribution in [0.3, 0.4) is 0 Å². The van der Waals surface area contributed by atoms with Crippen molar-refractivity contribution in [2.45, 2.75) is 19.0 Å². The molecule has 1 saturated heterocycles. The van der Waals surface area contributed by atoms with Crippen molar-refractivity contribution in [2.75, 3.05) is 18.0 Å². The summed E-state index contributed by atoms with van der Waals surface area (Å²) in [4.78, 5) is 2.26. The van der Waals surface area contributed by atoms with E-state index < -0.39 is 11.7 Å². The van der Waals surface area contributed by atoms with Gasteiger partial charge in [-0.2, -0.15) is 13.2 Å². The molecule has 110 valence electrons. The molecular formula is C17H16F3N. The molecule has 1 fully saturated rings. The van der Waals surface area contributed by atoms with E-state index in [-0.39, 0.29) is 5.56 Å². The summed E-state index contributed by atoms with van der Waals surface area (Å²) in [6.07, 6.45) is -1.97. The first-order valence-electron chi connectivity index (χ1n) is 7.07. The van der Waals surface area contributed by atoms with Crippen LogP contribution in [0, 0.1) is 0 Å². The minimum Gasteiger partial charge on any atom is -0.372 e. The van der Waals surface area contributed by atoms with E-state index in [1.165, 1.54) is 25.0 Å². The first kappa shape index (κ1) is 14.0. The molecule has 3 rings (SSSR count). The molecule has 0 unspecified atom stereocenters. The lowest BCUT2D eigenvalue weighted by atomic mass is 9.99. The Balaban J connectivity index is 1.94. The molecule has 1 nitrogen and oxygen atoms in total. The average molecular weight is 291 g/mol. The number of halogens is 3. The molecule has 1 aliphatic rings. The van der Waals surface area contributed by atoms with Gasteiger partial charge in [0.05, 0.1) is 5.56 Å². The van der Waals surface area contributed by atoms with E-state index >= 15 is 0 Å². The highest BCUT2D eigenvalue weighted by molar-refractivity contribution is 5.70. The first-order valence-corrected chi connectivity index (χ1v) is 7.07. The van der Waals surface area contributed by atoms with Crippen LogP contribution in [0.25, 0.3) is 11.1 Å². The lowest BCUT2D eigenvalue weighted by Gasteiger charge is -2.18. The molecule has 0 atom stereocenters. The Morgan fingerprint density at radius 1 is 0.810 bits per heavy atom. The molecule has 1 heterocycles. The van der Waals surface area contributed by atoms with Crippen LogP contribution in [0.4, 0.5) is 18.9 Å². The largest absolute Gasteiger partial charge is 0.417 e. The lowest BCUT2D eigenvalue weighted by molar-refractivity contribution is -0.137.